The van der Waals surface area contributed by atoms with Crippen LogP contribution < -0.4 is 0 Å². The van der Waals surface area contributed by atoms with Crippen LogP contribution in [0.25, 0.3) is 0 Å². The standard InChI is InChI=1S/C10H13NO5S/c1-5(12)16-4-10(2)8(9(14)15)11-6(13)3-7(11)17-10/h7-8H,3-4H2,1-2H3,(H,14,15)/t7-,8+,10-/m1/s1. The van der Waals surface area contributed by atoms with Gasteiger partial charge in [0.05, 0.1) is 16.5 Å². The minimum Gasteiger partial charge on any atom is -0.480 e. The number of hydrogen-bond acceptors (Lipinski definition) is 5. The lowest BCUT2D eigenvalue weighted by Gasteiger charge is -2.36. The number of aliphatic carboxylic acids is 1. The minimum atomic E-state index is -1.05. The summed E-state index contributed by atoms with van der Waals surface area (Å²) in [4.78, 5) is 34.8. The van der Waals surface area contributed by atoms with Gasteiger partial charge in [-0.3, -0.25) is 9.59 Å². The number of carbonyl (C=O) groups excluding carboxylic acids is 2. The van der Waals surface area contributed by atoms with Crippen LogP contribution in [0.5, 0.6) is 0 Å². The lowest BCUT2D eigenvalue weighted by Crippen LogP contribution is -2.58. The molecule has 94 valence electrons. The van der Waals surface area contributed by atoms with E-state index in [-0.39, 0.29) is 17.9 Å². The van der Waals surface area contributed by atoms with Crippen molar-refractivity contribution in [2.45, 2.75) is 36.4 Å². The minimum absolute atomic E-state index is 0.00421. The molecule has 1 N–H and O–H groups in total. The highest BCUT2D eigenvalue weighted by molar-refractivity contribution is 8.01. The molecule has 0 aromatic carbocycles. The summed E-state index contributed by atoms with van der Waals surface area (Å²) in [5.74, 6) is -1.65. The second-order valence-corrected chi connectivity index (χ2v) is 6.12. The molecular formula is C10H13NO5S. The number of rotatable bonds is 3. The van der Waals surface area contributed by atoms with Crippen LogP contribution in [0.2, 0.25) is 0 Å². The molecule has 0 radical (unpaired) electrons. The average Bonchev–Trinajstić information content (AvgIpc) is 2.45. The number of β-lactam (4-membered cyclic amide) rings is 1. The quantitative estimate of drug-likeness (QED) is 0.570. The maximum atomic E-state index is 11.4. The van der Waals surface area contributed by atoms with E-state index in [4.69, 9.17) is 4.74 Å². The van der Waals surface area contributed by atoms with Crippen molar-refractivity contribution in [1.82, 2.24) is 4.90 Å². The molecule has 0 spiro atoms. The topological polar surface area (TPSA) is 83.9 Å². The summed E-state index contributed by atoms with van der Waals surface area (Å²) in [5.41, 5.74) is 0. The number of ether oxygens (including phenoxy) is 1. The first-order valence-electron chi connectivity index (χ1n) is 5.20. The first-order chi connectivity index (χ1) is 7.85. The normalized spacial score (nSPS) is 35.2. The monoisotopic (exact) mass is 259 g/mol. The van der Waals surface area contributed by atoms with Crippen molar-refractivity contribution in [2.24, 2.45) is 0 Å². The molecule has 3 atom stereocenters. The number of thioether (sulfide) groups is 1. The van der Waals surface area contributed by atoms with Gasteiger partial charge in [0.25, 0.3) is 0 Å². The third-order valence-corrected chi connectivity index (χ3v) is 4.55. The summed E-state index contributed by atoms with van der Waals surface area (Å²) < 4.78 is 4.14. The fraction of sp³-hybridized carbons (Fsp3) is 0.700. The fourth-order valence-electron chi connectivity index (χ4n) is 2.22. The van der Waals surface area contributed by atoms with E-state index in [1.165, 1.54) is 23.6 Å². The number of esters is 1. The van der Waals surface area contributed by atoms with E-state index in [1.54, 1.807) is 6.92 Å². The van der Waals surface area contributed by atoms with Crippen molar-refractivity contribution >= 4 is 29.6 Å². The van der Waals surface area contributed by atoms with Crippen LogP contribution in [-0.2, 0) is 19.1 Å². The summed E-state index contributed by atoms with van der Waals surface area (Å²) in [7, 11) is 0. The van der Waals surface area contributed by atoms with Crippen molar-refractivity contribution < 1.29 is 24.2 Å². The molecule has 0 aromatic heterocycles. The van der Waals surface area contributed by atoms with Crippen molar-refractivity contribution in [1.29, 1.82) is 0 Å². The zero-order chi connectivity index (χ0) is 12.8. The molecular weight excluding hydrogens is 246 g/mol. The maximum Gasteiger partial charge on any atom is 0.328 e. The molecule has 2 aliphatic rings. The number of fused-ring (bicyclic) bond motifs is 1. The zero-order valence-corrected chi connectivity index (χ0v) is 10.3. The van der Waals surface area contributed by atoms with Gasteiger partial charge < -0.3 is 14.7 Å². The van der Waals surface area contributed by atoms with Crippen LogP contribution >= 0.6 is 11.8 Å². The molecule has 0 saturated carbocycles. The Bertz CT molecular complexity index is 398. The van der Waals surface area contributed by atoms with E-state index in [0.717, 1.165) is 0 Å². The highest BCUT2D eigenvalue weighted by Crippen LogP contribution is 2.50. The molecule has 0 unspecified atom stereocenters. The highest BCUT2D eigenvalue weighted by atomic mass is 32.2. The summed E-state index contributed by atoms with van der Waals surface area (Å²) in [6, 6.07) is -0.918. The number of carboxylic acid groups (broad SMARTS) is 1. The molecule has 0 bridgehead atoms. The lowest BCUT2D eigenvalue weighted by molar-refractivity contribution is -0.159. The predicted octanol–water partition coefficient (Wildman–Crippen LogP) is 0.0666. The van der Waals surface area contributed by atoms with Crippen LogP contribution in [0, 0.1) is 0 Å². The smallest absolute Gasteiger partial charge is 0.328 e. The van der Waals surface area contributed by atoms with Crippen molar-refractivity contribution in [3.05, 3.63) is 0 Å². The van der Waals surface area contributed by atoms with E-state index in [1.807, 2.05) is 0 Å². The Morgan fingerprint density at radius 2 is 2.29 bits per heavy atom. The second kappa shape index (κ2) is 3.90. The van der Waals surface area contributed by atoms with Gasteiger partial charge in [-0.1, -0.05) is 0 Å². The average molecular weight is 259 g/mol. The zero-order valence-electron chi connectivity index (χ0n) is 9.50. The van der Waals surface area contributed by atoms with Gasteiger partial charge in [0, 0.05) is 6.92 Å². The number of carboxylic acids is 1. The number of carbonyl (C=O) groups is 3. The predicted molar refractivity (Wildman–Crippen MR) is 59.3 cm³/mol. The van der Waals surface area contributed by atoms with Gasteiger partial charge in [-0.15, -0.1) is 11.8 Å². The third kappa shape index (κ3) is 1.88. The summed E-state index contributed by atoms with van der Waals surface area (Å²) in [6.07, 6.45) is 0.365. The van der Waals surface area contributed by atoms with Gasteiger partial charge >= 0.3 is 11.9 Å². The van der Waals surface area contributed by atoms with E-state index in [2.05, 4.69) is 0 Å². The molecule has 2 heterocycles. The van der Waals surface area contributed by atoms with Gasteiger partial charge in [-0.2, -0.15) is 0 Å². The molecule has 2 aliphatic heterocycles. The van der Waals surface area contributed by atoms with Crippen LogP contribution in [0.4, 0.5) is 0 Å². The summed E-state index contributed by atoms with van der Waals surface area (Å²) >= 11 is 1.39. The first-order valence-corrected chi connectivity index (χ1v) is 6.08. The third-order valence-electron chi connectivity index (χ3n) is 3.01. The van der Waals surface area contributed by atoms with Crippen LogP contribution in [0.1, 0.15) is 20.3 Å². The Balaban J connectivity index is 2.18. The molecule has 0 aromatic rings. The van der Waals surface area contributed by atoms with Crippen LogP contribution in [-0.4, -0.2) is 50.6 Å². The SMILES string of the molecule is CC(=O)OC[C@@]1(C)S[C@@H]2CC(=O)N2[C@H]1C(=O)O. The Morgan fingerprint density at radius 1 is 1.65 bits per heavy atom. The first kappa shape index (κ1) is 12.2. The molecule has 2 saturated heterocycles. The largest absolute Gasteiger partial charge is 0.480 e. The Kier molecular flexibility index (Phi) is 2.81. The van der Waals surface area contributed by atoms with Crippen LogP contribution in [0.3, 0.4) is 0 Å². The van der Waals surface area contributed by atoms with Gasteiger partial charge in [0.1, 0.15) is 12.6 Å². The van der Waals surface area contributed by atoms with E-state index in [0.29, 0.717) is 6.42 Å². The second-order valence-electron chi connectivity index (χ2n) is 4.41. The van der Waals surface area contributed by atoms with E-state index in [9.17, 15) is 19.5 Å². The van der Waals surface area contributed by atoms with Gasteiger partial charge in [-0.05, 0) is 6.92 Å². The van der Waals surface area contributed by atoms with Crippen LogP contribution in [0.15, 0.2) is 0 Å². The van der Waals surface area contributed by atoms with E-state index < -0.39 is 22.7 Å². The van der Waals surface area contributed by atoms with Gasteiger partial charge in [0.15, 0.2) is 0 Å². The molecule has 1 amide bonds. The highest BCUT2D eigenvalue weighted by Gasteiger charge is 2.61. The maximum absolute atomic E-state index is 11.4. The molecule has 0 aliphatic carbocycles. The summed E-state index contributed by atoms with van der Waals surface area (Å²) in [5, 5.41) is 9.11. The molecule has 2 fully saturated rings. The van der Waals surface area contributed by atoms with Crippen molar-refractivity contribution in [3.63, 3.8) is 0 Å². The molecule has 6 nitrogen and oxygen atoms in total. The number of amides is 1. The van der Waals surface area contributed by atoms with Gasteiger partial charge in [0.2, 0.25) is 5.91 Å². The van der Waals surface area contributed by atoms with E-state index >= 15 is 0 Å². The lowest BCUT2D eigenvalue weighted by atomic mass is 9.97. The molecule has 17 heavy (non-hydrogen) atoms. The molecule has 7 heteroatoms. The Morgan fingerprint density at radius 3 is 2.76 bits per heavy atom. The Labute approximate surface area is 102 Å². The number of hydrogen-bond donors (Lipinski definition) is 1. The van der Waals surface area contributed by atoms with Crippen molar-refractivity contribution in [3.8, 4) is 0 Å². The Hall–Kier alpha value is -1.24. The number of nitrogens with zero attached hydrogens (tertiary/aromatic N) is 1. The molecule has 2 rings (SSSR count). The van der Waals surface area contributed by atoms with Gasteiger partial charge in [-0.25, -0.2) is 4.79 Å². The summed E-state index contributed by atoms with van der Waals surface area (Å²) in [6.45, 7) is 2.99. The van der Waals surface area contributed by atoms with Crippen molar-refractivity contribution in [2.75, 3.05) is 6.61 Å². The fourth-order valence-corrected chi connectivity index (χ4v) is 3.89.